The van der Waals surface area contributed by atoms with E-state index in [0.29, 0.717) is 12.3 Å². The van der Waals surface area contributed by atoms with Crippen LogP contribution in [-0.4, -0.2) is 43.5 Å². The van der Waals surface area contributed by atoms with Crippen molar-refractivity contribution < 1.29 is 4.79 Å². The van der Waals surface area contributed by atoms with Crippen molar-refractivity contribution in [2.75, 3.05) is 13.1 Å². The number of likely N-dealkylation sites (tertiary alicyclic amines) is 1. The number of hydrogen-bond donors (Lipinski definition) is 0. The molecule has 1 unspecified atom stereocenters. The zero-order valence-corrected chi connectivity index (χ0v) is 14.5. The molecule has 1 amide bonds. The average molecular weight is 335 g/mol. The van der Waals surface area contributed by atoms with Gasteiger partial charge in [0.15, 0.2) is 0 Å². The predicted octanol–water partition coefficient (Wildman–Crippen LogP) is 2.76. The number of amides is 1. The summed E-state index contributed by atoms with van der Waals surface area (Å²) < 4.78 is 1.80. The van der Waals surface area contributed by atoms with E-state index in [1.807, 2.05) is 43.0 Å². The molecule has 0 spiro atoms. The second-order valence-corrected chi connectivity index (χ2v) is 6.75. The summed E-state index contributed by atoms with van der Waals surface area (Å²) in [5.74, 6) is 0.972. The largest absolute Gasteiger partial charge is 0.338 e. The lowest BCUT2D eigenvalue weighted by molar-refractivity contribution is 0.0705. The van der Waals surface area contributed by atoms with Crippen molar-refractivity contribution in [3.8, 4) is 0 Å². The highest BCUT2D eigenvalue weighted by Crippen LogP contribution is 2.28. The summed E-state index contributed by atoms with van der Waals surface area (Å²) in [4.78, 5) is 23.5. The highest BCUT2D eigenvalue weighted by molar-refractivity contribution is 5.94. The summed E-state index contributed by atoms with van der Waals surface area (Å²) in [5, 5.41) is 4.31. The number of aryl methyl sites for hydroxylation is 2. The average Bonchev–Trinajstić information content (AvgIpc) is 3.08. The lowest BCUT2D eigenvalue weighted by Crippen LogP contribution is -2.39. The van der Waals surface area contributed by atoms with Crippen LogP contribution in [-0.2, 0) is 0 Å². The summed E-state index contributed by atoms with van der Waals surface area (Å²) in [6.45, 7) is 5.48. The molecule has 25 heavy (non-hydrogen) atoms. The van der Waals surface area contributed by atoms with Crippen molar-refractivity contribution in [3.05, 3.63) is 59.2 Å². The van der Waals surface area contributed by atoms with Gasteiger partial charge in [0.05, 0.1) is 5.69 Å². The normalized spacial score (nSPS) is 17.8. The van der Waals surface area contributed by atoms with Crippen molar-refractivity contribution in [1.29, 1.82) is 0 Å². The van der Waals surface area contributed by atoms with Gasteiger partial charge in [-0.2, -0.15) is 10.1 Å². The number of carbonyl (C=O) groups excluding carboxylic acids is 1. The summed E-state index contributed by atoms with van der Waals surface area (Å²) in [6, 6.07) is 9.86. The summed E-state index contributed by atoms with van der Waals surface area (Å²) in [6.07, 6.45) is 3.56. The van der Waals surface area contributed by atoms with Gasteiger partial charge in [-0.3, -0.25) is 4.79 Å². The summed E-state index contributed by atoms with van der Waals surface area (Å²) >= 11 is 0. The van der Waals surface area contributed by atoms with Crippen LogP contribution in [0.15, 0.2) is 36.7 Å². The van der Waals surface area contributed by atoms with Gasteiger partial charge in [-0.25, -0.2) is 9.50 Å². The first-order valence-corrected chi connectivity index (χ1v) is 8.65. The van der Waals surface area contributed by atoms with Crippen LogP contribution in [0.4, 0.5) is 0 Å². The Hall–Kier alpha value is -2.76. The molecule has 3 heterocycles. The Balaban J connectivity index is 1.62. The lowest BCUT2D eigenvalue weighted by atomic mass is 9.93. The molecule has 3 aromatic rings. The number of rotatable bonds is 2. The Kier molecular flexibility index (Phi) is 3.95. The zero-order valence-electron chi connectivity index (χ0n) is 14.5. The molecule has 0 aliphatic carbocycles. The SMILES string of the molecule is Cc1cccc(C(=O)N2CCCC(c3cc(C)nc4ncnn34)C2)c1. The van der Waals surface area contributed by atoms with E-state index in [4.69, 9.17) is 0 Å². The van der Waals surface area contributed by atoms with E-state index in [1.54, 1.807) is 4.52 Å². The number of aromatic nitrogens is 4. The standard InChI is InChI=1S/C19H21N5O/c1-13-5-3-6-15(9-13)18(25)23-8-4-7-16(11-23)17-10-14(2)22-19-20-12-21-24(17)19/h3,5-6,9-10,12,16H,4,7-8,11H2,1-2H3. The minimum atomic E-state index is 0.106. The molecule has 4 rings (SSSR count). The van der Waals surface area contributed by atoms with Crippen LogP contribution in [0.2, 0.25) is 0 Å². The van der Waals surface area contributed by atoms with Crippen LogP contribution >= 0.6 is 0 Å². The Morgan fingerprint density at radius 2 is 2.12 bits per heavy atom. The van der Waals surface area contributed by atoms with Crippen LogP contribution in [0.3, 0.4) is 0 Å². The number of carbonyl (C=O) groups is 1. The van der Waals surface area contributed by atoms with Gasteiger partial charge < -0.3 is 4.90 Å². The Bertz CT molecular complexity index is 932. The molecule has 0 bridgehead atoms. The number of piperidine rings is 1. The molecular formula is C19H21N5O. The zero-order chi connectivity index (χ0) is 17.4. The van der Waals surface area contributed by atoms with Gasteiger partial charge >= 0.3 is 0 Å². The van der Waals surface area contributed by atoms with Crippen molar-refractivity contribution in [2.45, 2.75) is 32.6 Å². The minimum absolute atomic E-state index is 0.106. The lowest BCUT2D eigenvalue weighted by Gasteiger charge is -2.33. The van der Waals surface area contributed by atoms with Crippen molar-refractivity contribution in [1.82, 2.24) is 24.5 Å². The minimum Gasteiger partial charge on any atom is -0.338 e. The molecule has 1 aliphatic heterocycles. The van der Waals surface area contributed by atoms with Crippen LogP contribution in [0.25, 0.3) is 5.78 Å². The maximum absolute atomic E-state index is 12.9. The molecule has 128 valence electrons. The molecule has 0 saturated carbocycles. The van der Waals surface area contributed by atoms with Gasteiger partial charge in [0.25, 0.3) is 11.7 Å². The molecule has 2 aromatic heterocycles. The van der Waals surface area contributed by atoms with E-state index < -0.39 is 0 Å². The smallest absolute Gasteiger partial charge is 0.253 e. The first-order chi connectivity index (χ1) is 12.1. The van der Waals surface area contributed by atoms with Gasteiger partial charge in [0.2, 0.25) is 0 Å². The second-order valence-electron chi connectivity index (χ2n) is 6.75. The van der Waals surface area contributed by atoms with E-state index in [0.717, 1.165) is 41.9 Å². The third kappa shape index (κ3) is 2.99. The molecule has 1 aromatic carbocycles. The maximum atomic E-state index is 12.9. The fourth-order valence-corrected chi connectivity index (χ4v) is 3.61. The second kappa shape index (κ2) is 6.27. The molecule has 1 fully saturated rings. The Labute approximate surface area is 146 Å². The third-order valence-electron chi connectivity index (χ3n) is 4.80. The predicted molar refractivity (Wildman–Crippen MR) is 94.6 cm³/mol. The number of nitrogens with zero attached hydrogens (tertiary/aromatic N) is 5. The molecule has 1 aliphatic rings. The molecule has 0 radical (unpaired) electrons. The van der Waals surface area contributed by atoms with Crippen LogP contribution < -0.4 is 0 Å². The van der Waals surface area contributed by atoms with Gasteiger partial charge in [0.1, 0.15) is 6.33 Å². The van der Waals surface area contributed by atoms with E-state index in [-0.39, 0.29) is 11.8 Å². The highest BCUT2D eigenvalue weighted by Gasteiger charge is 2.27. The molecule has 6 nitrogen and oxygen atoms in total. The first kappa shape index (κ1) is 15.7. The van der Waals surface area contributed by atoms with Crippen LogP contribution in [0, 0.1) is 13.8 Å². The molecular weight excluding hydrogens is 314 g/mol. The summed E-state index contributed by atoms with van der Waals surface area (Å²) in [7, 11) is 0. The van der Waals surface area contributed by atoms with E-state index in [1.165, 1.54) is 6.33 Å². The highest BCUT2D eigenvalue weighted by atomic mass is 16.2. The fraction of sp³-hybridized carbons (Fsp3) is 0.368. The third-order valence-corrected chi connectivity index (χ3v) is 4.80. The van der Waals surface area contributed by atoms with Gasteiger partial charge in [0, 0.05) is 30.3 Å². The number of benzene rings is 1. The van der Waals surface area contributed by atoms with Crippen LogP contribution in [0.5, 0.6) is 0 Å². The Morgan fingerprint density at radius 3 is 2.96 bits per heavy atom. The van der Waals surface area contributed by atoms with E-state index in [2.05, 4.69) is 21.1 Å². The first-order valence-electron chi connectivity index (χ1n) is 8.65. The number of fused-ring (bicyclic) bond motifs is 1. The van der Waals surface area contributed by atoms with E-state index >= 15 is 0 Å². The van der Waals surface area contributed by atoms with E-state index in [9.17, 15) is 4.79 Å². The monoisotopic (exact) mass is 335 g/mol. The molecule has 6 heteroatoms. The van der Waals surface area contributed by atoms with Crippen molar-refractivity contribution in [3.63, 3.8) is 0 Å². The maximum Gasteiger partial charge on any atom is 0.253 e. The fourth-order valence-electron chi connectivity index (χ4n) is 3.61. The molecule has 0 N–H and O–H groups in total. The topological polar surface area (TPSA) is 63.4 Å². The molecule has 1 saturated heterocycles. The summed E-state index contributed by atoms with van der Waals surface area (Å²) in [5.41, 5.74) is 3.88. The van der Waals surface area contributed by atoms with Gasteiger partial charge in [-0.05, 0) is 44.9 Å². The number of hydrogen-bond acceptors (Lipinski definition) is 4. The molecule has 1 atom stereocenters. The van der Waals surface area contributed by atoms with Gasteiger partial charge in [-0.1, -0.05) is 17.7 Å². The quantitative estimate of drug-likeness (QED) is 0.722. The van der Waals surface area contributed by atoms with Crippen molar-refractivity contribution >= 4 is 11.7 Å². The van der Waals surface area contributed by atoms with Crippen LogP contribution in [0.1, 0.15) is 46.1 Å². The Morgan fingerprint density at radius 1 is 1.24 bits per heavy atom. The van der Waals surface area contributed by atoms with Crippen molar-refractivity contribution in [2.24, 2.45) is 0 Å². The van der Waals surface area contributed by atoms with Gasteiger partial charge in [-0.15, -0.1) is 0 Å².